The highest BCUT2D eigenvalue weighted by Crippen LogP contribution is 2.36. The molecular formula is C16H22ClF3N2. The molecule has 3 atom stereocenters. The van der Waals surface area contributed by atoms with E-state index < -0.39 is 11.7 Å². The zero-order valence-corrected chi connectivity index (χ0v) is 13.2. The molecule has 6 heteroatoms. The number of hydrogen-bond acceptors (Lipinski definition) is 2. The molecule has 1 aliphatic heterocycles. The predicted octanol–water partition coefficient (Wildman–Crippen LogP) is 3.69. The van der Waals surface area contributed by atoms with Crippen molar-refractivity contribution in [2.75, 3.05) is 13.1 Å². The lowest BCUT2D eigenvalue weighted by atomic mass is 9.78. The number of benzene rings is 1. The first-order valence-electron chi connectivity index (χ1n) is 7.57. The summed E-state index contributed by atoms with van der Waals surface area (Å²) < 4.78 is 38.2. The molecule has 2 aliphatic rings. The van der Waals surface area contributed by atoms with E-state index in [0.717, 1.165) is 31.1 Å². The van der Waals surface area contributed by atoms with Crippen LogP contribution in [0, 0.1) is 11.8 Å². The van der Waals surface area contributed by atoms with Crippen LogP contribution in [0.3, 0.4) is 0 Å². The lowest BCUT2D eigenvalue weighted by Gasteiger charge is -2.29. The second-order valence-electron chi connectivity index (χ2n) is 6.41. The van der Waals surface area contributed by atoms with Gasteiger partial charge in [0, 0.05) is 25.7 Å². The number of likely N-dealkylation sites (tertiary alicyclic amines) is 1. The Balaban J connectivity index is 0.00000176. The summed E-state index contributed by atoms with van der Waals surface area (Å²) in [5.74, 6) is 1.14. The van der Waals surface area contributed by atoms with Crippen LogP contribution in [0.5, 0.6) is 0 Å². The monoisotopic (exact) mass is 334 g/mol. The largest absolute Gasteiger partial charge is 0.416 e. The van der Waals surface area contributed by atoms with Crippen molar-refractivity contribution in [1.29, 1.82) is 0 Å². The van der Waals surface area contributed by atoms with E-state index in [9.17, 15) is 13.2 Å². The van der Waals surface area contributed by atoms with Crippen LogP contribution in [-0.2, 0) is 12.7 Å². The first kappa shape index (κ1) is 17.6. The molecule has 0 bridgehead atoms. The van der Waals surface area contributed by atoms with Crippen molar-refractivity contribution >= 4 is 12.4 Å². The van der Waals surface area contributed by atoms with E-state index in [-0.39, 0.29) is 18.4 Å². The lowest BCUT2D eigenvalue weighted by Crippen LogP contribution is -2.38. The molecule has 1 aliphatic carbocycles. The van der Waals surface area contributed by atoms with Crippen molar-refractivity contribution in [1.82, 2.24) is 4.90 Å². The van der Waals surface area contributed by atoms with Gasteiger partial charge < -0.3 is 5.73 Å². The van der Waals surface area contributed by atoms with Crippen molar-refractivity contribution < 1.29 is 13.2 Å². The number of hydrogen-bond donors (Lipinski definition) is 1. The Bertz CT molecular complexity index is 506. The number of alkyl halides is 3. The van der Waals surface area contributed by atoms with Gasteiger partial charge in [-0.25, -0.2) is 0 Å². The van der Waals surface area contributed by atoms with Gasteiger partial charge >= 0.3 is 6.18 Å². The molecule has 3 rings (SSSR count). The van der Waals surface area contributed by atoms with Crippen LogP contribution in [0.25, 0.3) is 0 Å². The quantitative estimate of drug-likeness (QED) is 0.893. The average molecular weight is 335 g/mol. The maximum absolute atomic E-state index is 12.7. The Morgan fingerprint density at radius 2 is 1.95 bits per heavy atom. The first-order valence-corrected chi connectivity index (χ1v) is 7.57. The van der Waals surface area contributed by atoms with Gasteiger partial charge in [0.05, 0.1) is 5.56 Å². The molecule has 2 N–H and O–H groups in total. The highest BCUT2D eigenvalue weighted by molar-refractivity contribution is 5.85. The van der Waals surface area contributed by atoms with Crippen molar-refractivity contribution in [2.45, 2.75) is 38.0 Å². The number of fused-ring (bicyclic) bond motifs is 1. The Morgan fingerprint density at radius 1 is 1.18 bits per heavy atom. The third-order valence-electron chi connectivity index (χ3n) is 4.89. The lowest BCUT2D eigenvalue weighted by molar-refractivity contribution is -0.137. The smallest absolute Gasteiger partial charge is 0.327 e. The van der Waals surface area contributed by atoms with E-state index in [1.165, 1.54) is 25.0 Å². The molecule has 0 radical (unpaired) electrons. The molecule has 2 nitrogen and oxygen atoms in total. The van der Waals surface area contributed by atoms with Gasteiger partial charge in [-0.3, -0.25) is 4.90 Å². The molecule has 22 heavy (non-hydrogen) atoms. The van der Waals surface area contributed by atoms with Crippen LogP contribution in [-0.4, -0.2) is 24.0 Å². The van der Waals surface area contributed by atoms with Gasteiger partial charge in [0.15, 0.2) is 0 Å². The fourth-order valence-corrected chi connectivity index (χ4v) is 3.84. The topological polar surface area (TPSA) is 29.3 Å². The standard InChI is InChI=1S/C16H21F3N2.ClH/c17-16(18,19)13-5-1-3-11(7-13)8-21-9-12-4-2-6-15(20)14(12)10-21;/h1,3,5,7,12,14-15H,2,4,6,8-10,20H2;1H. The molecule has 0 aromatic heterocycles. The van der Waals surface area contributed by atoms with E-state index >= 15 is 0 Å². The van der Waals surface area contributed by atoms with Crippen LogP contribution >= 0.6 is 12.4 Å². The minimum Gasteiger partial charge on any atom is -0.327 e. The van der Waals surface area contributed by atoms with Gasteiger partial charge in [0.25, 0.3) is 0 Å². The number of nitrogens with two attached hydrogens (primary N) is 1. The summed E-state index contributed by atoms with van der Waals surface area (Å²) in [4.78, 5) is 2.26. The SMILES string of the molecule is Cl.NC1CCCC2CN(Cc3cccc(C(F)(F)F)c3)CC12. The normalized spacial score (nSPS) is 29.0. The molecule has 0 amide bonds. The van der Waals surface area contributed by atoms with Crippen LogP contribution in [0.4, 0.5) is 13.2 Å². The summed E-state index contributed by atoms with van der Waals surface area (Å²) >= 11 is 0. The maximum Gasteiger partial charge on any atom is 0.416 e. The van der Waals surface area contributed by atoms with E-state index in [0.29, 0.717) is 18.4 Å². The van der Waals surface area contributed by atoms with Crippen molar-refractivity contribution in [3.63, 3.8) is 0 Å². The molecule has 1 saturated heterocycles. The summed E-state index contributed by atoms with van der Waals surface area (Å²) in [6.45, 7) is 2.47. The third-order valence-corrected chi connectivity index (χ3v) is 4.89. The first-order chi connectivity index (χ1) is 9.93. The molecule has 2 fully saturated rings. The van der Waals surface area contributed by atoms with E-state index in [1.807, 2.05) is 0 Å². The number of halogens is 4. The van der Waals surface area contributed by atoms with Gasteiger partial charge in [-0.05, 0) is 36.3 Å². The average Bonchev–Trinajstić information content (AvgIpc) is 2.82. The Labute approximate surface area is 135 Å². The summed E-state index contributed by atoms with van der Waals surface area (Å²) in [7, 11) is 0. The zero-order chi connectivity index (χ0) is 15.0. The van der Waals surface area contributed by atoms with Gasteiger partial charge in [0.2, 0.25) is 0 Å². The Morgan fingerprint density at radius 3 is 2.64 bits per heavy atom. The summed E-state index contributed by atoms with van der Waals surface area (Å²) in [5.41, 5.74) is 6.35. The molecule has 3 unspecified atom stereocenters. The predicted molar refractivity (Wildman–Crippen MR) is 82.8 cm³/mol. The molecule has 124 valence electrons. The van der Waals surface area contributed by atoms with Crippen molar-refractivity contribution in [2.24, 2.45) is 17.6 Å². The maximum atomic E-state index is 12.7. The molecule has 1 aromatic carbocycles. The Kier molecular flexibility index (Phi) is 5.41. The fraction of sp³-hybridized carbons (Fsp3) is 0.625. The van der Waals surface area contributed by atoms with Crippen molar-refractivity contribution in [3.05, 3.63) is 35.4 Å². The second kappa shape index (κ2) is 6.77. The van der Waals surface area contributed by atoms with Crippen LogP contribution < -0.4 is 5.73 Å². The van der Waals surface area contributed by atoms with E-state index in [1.54, 1.807) is 6.07 Å². The molecule has 0 spiro atoms. The van der Waals surface area contributed by atoms with E-state index in [4.69, 9.17) is 5.73 Å². The summed E-state index contributed by atoms with van der Waals surface area (Å²) in [6.07, 6.45) is -0.798. The second-order valence-corrected chi connectivity index (χ2v) is 6.41. The summed E-state index contributed by atoms with van der Waals surface area (Å²) in [6, 6.07) is 5.92. The van der Waals surface area contributed by atoms with Crippen LogP contribution in [0.1, 0.15) is 30.4 Å². The third kappa shape index (κ3) is 3.76. The zero-order valence-electron chi connectivity index (χ0n) is 12.4. The van der Waals surface area contributed by atoms with Gasteiger partial charge in [-0.2, -0.15) is 13.2 Å². The van der Waals surface area contributed by atoms with Gasteiger partial charge in [0.1, 0.15) is 0 Å². The number of rotatable bonds is 2. The van der Waals surface area contributed by atoms with Crippen LogP contribution in [0.2, 0.25) is 0 Å². The minimum absolute atomic E-state index is 0. The molecule has 1 heterocycles. The molecule has 1 saturated carbocycles. The molecule has 1 aromatic rings. The van der Waals surface area contributed by atoms with E-state index in [2.05, 4.69) is 4.90 Å². The minimum atomic E-state index is -4.27. The van der Waals surface area contributed by atoms with Gasteiger partial charge in [-0.15, -0.1) is 12.4 Å². The Hall–Kier alpha value is -0.780. The number of nitrogens with zero attached hydrogens (tertiary/aromatic N) is 1. The van der Waals surface area contributed by atoms with Gasteiger partial charge in [-0.1, -0.05) is 24.6 Å². The fourth-order valence-electron chi connectivity index (χ4n) is 3.84. The molecular weight excluding hydrogens is 313 g/mol. The van der Waals surface area contributed by atoms with Crippen LogP contribution in [0.15, 0.2) is 24.3 Å². The summed E-state index contributed by atoms with van der Waals surface area (Å²) in [5, 5.41) is 0. The highest BCUT2D eigenvalue weighted by Gasteiger charge is 2.38. The highest BCUT2D eigenvalue weighted by atomic mass is 35.5. The van der Waals surface area contributed by atoms with Crippen molar-refractivity contribution in [3.8, 4) is 0 Å².